The molecule has 0 aliphatic rings. The highest BCUT2D eigenvalue weighted by atomic mass is 127. The first-order chi connectivity index (χ1) is 9.58. The van der Waals surface area contributed by atoms with E-state index in [0.29, 0.717) is 22.1 Å². The maximum Gasteiger partial charge on any atom is 0.328 e. The number of hydrogen-bond donors (Lipinski definition) is 1. The van der Waals surface area contributed by atoms with E-state index in [1.807, 2.05) is 24.3 Å². The molecular weight excluding hydrogens is 391 g/mol. The summed E-state index contributed by atoms with van der Waals surface area (Å²) < 4.78 is 6.77. The predicted molar refractivity (Wildman–Crippen MR) is 87.4 cm³/mol. The Balaban J connectivity index is 2.39. The van der Waals surface area contributed by atoms with Crippen molar-refractivity contribution in [2.45, 2.75) is 0 Å². The number of ether oxygens (including phenoxy) is 1. The molecule has 0 atom stereocenters. The van der Waals surface area contributed by atoms with Crippen molar-refractivity contribution in [3.05, 3.63) is 62.7 Å². The summed E-state index contributed by atoms with van der Waals surface area (Å²) in [7, 11) is 0. The molecule has 2 rings (SSSR count). The van der Waals surface area contributed by atoms with Crippen LogP contribution in [0.2, 0.25) is 5.02 Å². The highest BCUT2D eigenvalue weighted by molar-refractivity contribution is 14.1. The highest BCUT2D eigenvalue weighted by Crippen LogP contribution is 2.33. The van der Waals surface area contributed by atoms with Crippen molar-refractivity contribution >= 4 is 46.2 Å². The van der Waals surface area contributed by atoms with Crippen LogP contribution in [-0.2, 0) is 4.79 Å². The number of carbonyl (C=O) groups is 1. The molecule has 0 spiro atoms. The first kappa shape index (κ1) is 14.9. The van der Waals surface area contributed by atoms with Gasteiger partial charge in [-0.2, -0.15) is 0 Å². The normalized spacial score (nSPS) is 10.7. The molecule has 1 N–H and O–H groups in total. The molecule has 0 saturated carbocycles. The molecule has 2 aromatic rings. The Hall–Kier alpha value is -1.53. The van der Waals surface area contributed by atoms with Crippen molar-refractivity contribution < 1.29 is 14.6 Å². The summed E-state index contributed by atoms with van der Waals surface area (Å²) in [4.78, 5) is 10.6. The van der Waals surface area contributed by atoms with E-state index in [9.17, 15) is 4.79 Å². The van der Waals surface area contributed by atoms with Crippen molar-refractivity contribution in [3.8, 4) is 11.5 Å². The van der Waals surface area contributed by atoms with Crippen molar-refractivity contribution in [2.75, 3.05) is 0 Å². The molecule has 0 amide bonds. The number of halogens is 2. The summed E-state index contributed by atoms with van der Waals surface area (Å²) in [6, 6.07) is 12.7. The van der Waals surface area contributed by atoms with Gasteiger partial charge in [-0.3, -0.25) is 0 Å². The summed E-state index contributed by atoms with van der Waals surface area (Å²) >= 11 is 8.26. The van der Waals surface area contributed by atoms with Crippen molar-refractivity contribution in [1.82, 2.24) is 0 Å². The Kier molecular flexibility index (Phi) is 5.03. The minimum Gasteiger partial charge on any atom is -0.478 e. The number of carboxylic acid groups (broad SMARTS) is 1. The molecule has 0 aromatic heterocycles. The standard InChI is InChI=1S/C15H10ClIO3/c16-11-4-3-7-13(10(11)8-9-15(18)19)20-14-6-2-1-5-12(14)17/h1-9H,(H,18,19)/b9-8+. The summed E-state index contributed by atoms with van der Waals surface area (Å²) in [5.41, 5.74) is 0.538. The van der Waals surface area contributed by atoms with Gasteiger partial charge in [-0.25, -0.2) is 4.79 Å². The number of benzene rings is 2. The zero-order valence-corrected chi connectivity index (χ0v) is 13.1. The van der Waals surface area contributed by atoms with Gasteiger partial charge in [0.15, 0.2) is 0 Å². The quantitative estimate of drug-likeness (QED) is 0.590. The molecule has 102 valence electrons. The number of aliphatic carboxylic acids is 1. The summed E-state index contributed by atoms with van der Waals surface area (Å²) in [6.45, 7) is 0. The van der Waals surface area contributed by atoms with Gasteiger partial charge < -0.3 is 9.84 Å². The van der Waals surface area contributed by atoms with E-state index in [2.05, 4.69) is 22.6 Å². The first-order valence-electron chi connectivity index (χ1n) is 5.70. The van der Waals surface area contributed by atoms with Crippen LogP contribution in [0.15, 0.2) is 48.5 Å². The monoisotopic (exact) mass is 400 g/mol. The van der Waals surface area contributed by atoms with Crippen LogP contribution in [0.5, 0.6) is 11.5 Å². The van der Waals surface area contributed by atoms with Crippen LogP contribution < -0.4 is 4.74 Å². The van der Waals surface area contributed by atoms with Crippen LogP contribution in [0.4, 0.5) is 0 Å². The SMILES string of the molecule is O=C(O)/C=C/c1c(Cl)cccc1Oc1ccccc1I. The lowest BCUT2D eigenvalue weighted by atomic mass is 10.2. The van der Waals surface area contributed by atoms with Crippen LogP contribution in [0, 0.1) is 3.57 Å². The Morgan fingerprint density at radius 3 is 2.55 bits per heavy atom. The van der Waals surface area contributed by atoms with Crippen LogP contribution in [0.1, 0.15) is 5.56 Å². The van der Waals surface area contributed by atoms with E-state index >= 15 is 0 Å². The zero-order chi connectivity index (χ0) is 14.5. The molecule has 5 heteroatoms. The third-order valence-corrected chi connectivity index (χ3v) is 3.68. The summed E-state index contributed by atoms with van der Waals surface area (Å²) in [5.74, 6) is 0.171. The highest BCUT2D eigenvalue weighted by Gasteiger charge is 2.08. The van der Waals surface area contributed by atoms with E-state index < -0.39 is 5.97 Å². The van der Waals surface area contributed by atoms with Gasteiger partial charge in [-0.15, -0.1) is 0 Å². The lowest BCUT2D eigenvalue weighted by Gasteiger charge is -2.11. The molecule has 3 nitrogen and oxygen atoms in total. The van der Waals surface area contributed by atoms with Gasteiger partial charge in [0.2, 0.25) is 0 Å². The van der Waals surface area contributed by atoms with Crippen LogP contribution in [0.3, 0.4) is 0 Å². The van der Waals surface area contributed by atoms with Gasteiger partial charge in [-0.1, -0.05) is 29.8 Å². The summed E-state index contributed by atoms with van der Waals surface area (Å²) in [5, 5.41) is 9.15. The molecule has 0 aliphatic heterocycles. The van der Waals surface area contributed by atoms with E-state index in [0.717, 1.165) is 9.65 Å². The minimum absolute atomic E-state index is 0.436. The number of para-hydroxylation sites is 1. The van der Waals surface area contributed by atoms with Crippen LogP contribution in [-0.4, -0.2) is 11.1 Å². The molecule has 0 radical (unpaired) electrons. The third kappa shape index (κ3) is 3.74. The smallest absolute Gasteiger partial charge is 0.328 e. The minimum atomic E-state index is -1.04. The Bertz CT molecular complexity index is 668. The van der Waals surface area contributed by atoms with Gasteiger partial charge >= 0.3 is 5.97 Å². The largest absolute Gasteiger partial charge is 0.478 e. The van der Waals surface area contributed by atoms with Gasteiger partial charge in [0.25, 0.3) is 0 Å². The Morgan fingerprint density at radius 2 is 1.85 bits per heavy atom. The zero-order valence-electron chi connectivity index (χ0n) is 10.2. The fourth-order valence-corrected chi connectivity index (χ4v) is 2.29. The van der Waals surface area contributed by atoms with Gasteiger partial charge in [-0.05, 0) is 52.9 Å². The molecule has 0 unspecified atom stereocenters. The molecule has 0 heterocycles. The Labute approximate surface area is 135 Å². The van der Waals surface area contributed by atoms with Crippen LogP contribution in [0.25, 0.3) is 6.08 Å². The van der Waals surface area contributed by atoms with Gasteiger partial charge in [0.05, 0.1) is 8.59 Å². The molecule has 0 fully saturated rings. The van der Waals surface area contributed by atoms with Crippen molar-refractivity contribution in [2.24, 2.45) is 0 Å². The average molecular weight is 401 g/mol. The van der Waals surface area contributed by atoms with Crippen LogP contribution >= 0.6 is 34.2 Å². The molecule has 0 saturated heterocycles. The lowest BCUT2D eigenvalue weighted by molar-refractivity contribution is -0.131. The fourth-order valence-electron chi connectivity index (χ4n) is 1.57. The second kappa shape index (κ2) is 6.76. The van der Waals surface area contributed by atoms with Gasteiger partial charge in [0.1, 0.15) is 11.5 Å². The maximum atomic E-state index is 10.6. The van der Waals surface area contributed by atoms with Crippen molar-refractivity contribution in [1.29, 1.82) is 0 Å². The lowest BCUT2D eigenvalue weighted by Crippen LogP contribution is -1.92. The number of rotatable bonds is 4. The molecular formula is C15H10ClIO3. The van der Waals surface area contributed by atoms with E-state index in [1.165, 1.54) is 6.08 Å². The third-order valence-electron chi connectivity index (χ3n) is 2.46. The Morgan fingerprint density at radius 1 is 1.15 bits per heavy atom. The molecule has 2 aromatic carbocycles. The van der Waals surface area contributed by atoms with E-state index in [1.54, 1.807) is 18.2 Å². The number of hydrogen-bond acceptors (Lipinski definition) is 2. The second-order valence-corrected chi connectivity index (χ2v) is 5.43. The first-order valence-corrected chi connectivity index (χ1v) is 7.15. The fraction of sp³-hybridized carbons (Fsp3) is 0. The summed E-state index contributed by atoms with van der Waals surface area (Å²) in [6.07, 6.45) is 2.46. The number of carboxylic acids is 1. The predicted octanol–water partition coefficient (Wildman–Crippen LogP) is 4.83. The topological polar surface area (TPSA) is 46.5 Å². The molecule has 20 heavy (non-hydrogen) atoms. The van der Waals surface area contributed by atoms with Gasteiger partial charge in [0, 0.05) is 11.6 Å². The molecule has 0 bridgehead atoms. The molecule has 0 aliphatic carbocycles. The maximum absolute atomic E-state index is 10.6. The van der Waals surface area contributed by atoms with Crippen molar-refractivity contribution in [3.63, 3.8) is 0 Å². The van der Waals surface area contributed by atoms with E-state index in [-0.39, 0.29) is 0 Å². The van der Waals surface area contributed by atoms with E-state index in [4.69, 9.17) is 21.4 Å². The average Bonchev–Trinajstić information content (AvgIpc) is 2.40. The second-order valence-electron chi connectivity index (χ2n) is 3.86.